The van der Waals surface area contributed by atoms with E-state index in [-0.39, 0.29) is 5.78 Å². The Hall–Kier alpha value is -3.07. The highest BCUT2D eigenvalue weighted by atomic mass is 16.5. The molecule has 3 nitrogen and oxygen atoms in total. The lowest BCUT2D eigenvalue weighted by molar-refractivity contribution is -0.112. The van der Waals surface area contributed by atoms with Crippen molar-refractivity contribution in [2.24, 2.45) is 0 Å². The Kier molecular flexibility index (Phi) is 4.39. The van der Waals surface area contributed by atoms with Gasteiger partial charge >= 0.3 is 0 Å². The highest BCUT2D eigenvalue weighted by molar-refractivity contribution is 5.91. The van der Waals surface area contributed by atoms with E-state index < -0.39 is 0 Å². The Morgan fingerprint density at radius 2 is 1.61 bits per heavy atom. The summed E-state index contributed by atoms with van der Waals surface area (Å²) < 4.78 is 11.5. The summed E-state index contributed by atoms with van der Waals surface area (Å²) in [5, 5.41) is 0. The predicted octanol–water partition coefficient (Wildman–Crippen LogP) is 5.34. The topological polar surface area (TPSA) is 39.4 Å². The lowest BCUT2D eigenvalue weighted by Gasteiger charge is -2.05. The number of rotatable bonds is 5. The predicted molar refractivity (Wildman–Crippen MR) is 90.4 cm³/mol. The molecule has 0 amide bonds. The van der Waals surface area contributed by atoms with Crippen molar-refractivity contribution in [3.05, 3.63) is 78.6 Å². The van der Waals surface area contributed by atoms with E-state index in [0.29, 0.717) is 5.76 Å². The molecule has 1 heterocycles. The molecule has 1 aromatic heterocycles. The van der Waals surface area contributed by atoms with E-state index in [2.05, 4.69) is 0 Å². The third-order valence-electron chi connectivity index (χ3n) is 3.23. The van der Waals surface area contributed by atoms with Gasteiger partial charge in [-0.3, -0.25) is 4.79 Å². The zero-order valence-electron chi connectivity index (χ0n) is 12.7. The first-order chi connectivity index (χ1) is 11.2. The van der Waals surface area contributed by atoms with Crippen LogP contribution in [0.5, 0.6) is 11.5 Å². The zero-order valence-corrected chi connectivity index (χ0v) is 12.7. The molecule has 0 aliphatic rings. The number of hydrogen-bond acceptors (Lipinski definition) is 3. The van der Waals surface area contributed by atoms with Crippen LogP contribution in [0.25, 0.3) is 17.4 Å². The quantitative estimate of drug-likeness (QED) is 0.597. The Morgan fingerprint density at radius 3 is 2.30 bits per heavy atom. The van der Waals surface area contributed by atoms with Crippen LogP contribution in [0, 0.1) is 0 Å². The first-order valence-electron chi connectivity index (χ1n) is 7.32. The number of ketones is 1. The molecule has 0 radical (unpaired) electrons. The van der Waals surface area contributed by atoms with E-state index in [4.69, 9.17) is 9.15 Å². The monoisotopic (exact) mass is 304 g/mol. The summed E-state index contributed by atoms with van der Waals surface area (Å²) >= 11 is 0. The largest absolute Gasteiger partial charge is 0.457 e. The van der Waals surface area contributed by atoms with Crippen LogP contribution in [-0.2, 0) is 4.79 Å². The highest BCUT2D eigenvalue weighted by Gasteiger charge is 2.04. The maximum atomic E-state index is 10.9. The van der Waals surface area contributed by atoms with Gasteiger partial charge < -0.3 is 9.15 Å². The van der Waals surface area contributed by atoms with E-state index >= 15 is 0 Å². The van der Waals surface area contributed by atoms with Crippen LogP contribution in [0.4, 0.5) is 0 Å². The molecule has 3 rings (SSSR count). The minimum atomic E-state index is -0.00892. The summed E-state index contributed by atoms with van der Waals surface area (Å²) in [6, 6.07) is 21.0. The van der Waals surface area contributed by atoms with E-state index in [1.54, 1.807) is 6.08 Å². The van der Waals surface area contributed by atoms with Crippen molar-refractivity contribution in [3.8, 4) is 22.8 Å². The molecule has 3 aromatic rings. The Balaban J connectivity index is 1.73. The van der Waals surface area contributed by atoms with Crippen LogP contribution >= 0.6 is 0 Å². The van der Waals surface area contributed by atoms with Gasteiger partial charge in [0.2, 0.25) is 0 Å². The van der Waals surface area contributed by atoms with Gasteiger partial charge in [0, 0.05) is 5.56 Å². The number of allylic oxidation sites excluding steroid dienone is 1. The second kappa shape index (κ2) is 6.79. The molecule has 0 saturated heterocycles. The van der Waals surface area contributed by atoms with Crippen molar-refractivity contribution in [2.45, 2.75) is 6.92 Å². The van der Waals surface area contributed by atoms with E-state index in [9.17, 15) is 4.79 Å². The molecule has 0 saturated carbocycles. The summed E-state index contributed by atoms with van der Waals surface area (Å²) in [7, 11) is 0. The molecule has 0 atom stereocenters. The highest BCUT2D eigenvalue weighted by Crippen LogP contribution is 2.27. The van der Waals surface area contributed by atoms with Gasteiger partial charge in [-0.15, -0.1) is 0 Å². The number of ether oxygens (including phenoxy) is 1. The third-order valence-corrected chi connectivity index (χ3v) is 3.23. The fourth-order valence-electron chi connectivity index (χ4n) is 2.11. The SMILES string of the molecule is CC(=O)C=Cc1ccc(-c2ccc(Oc3ccccc3)cc2)o1. The number of hydrogen-bond donors (Lipinski definition) is 0. The molecular formula is C20H16O3. The molecule has 23 heavy (non-hydrogen) atoms. The average molecular weight is 304 g/mol. The second-order valence-electron chi connectivity index (χ2n) is 5.09. The molecule has 0 spiro atoms. The summed E-state index contributed by atoms with van der Waals surface area (Å²) in [5.41, 5.74) is 0.952. The molecule has 0 N–H and O–H groups in total. The first-order valence-corrected chi connectivity index (χ1v) is 7.32. The van der Waals surface area contributed by atoms with Crippen LogP contribution in [0.1, 0.15) is 12.7 Å². The van der Waals surface area contributed by atoms with Crippen molar-refractivity contribution in [1.29, 1.82) is 0 Å². The van der Waals surface area contributed by atoms with Gasteiger partial charge in [-0.2, -0.15) is 0 Å². The molecular weight excluding hydrogens is 288 g/mol. The van der Waals surface area contributed by atoms with Gasteiger partial charge in [-0.25, -0.2) is 0 Å². The van der Waals surface area contributed by atoms with Crippen molar-refractivity contribution in [1.82, 2.24) is 0 Å². The fourth-order valence-corrected chi connectivity index (χ4v) is 2.11. The lowest BCUT2D eigenvalue weighted by atomic mass is 10.2. The van der Waals surface area contributed by atoms with Gasteiger partial charge in [0.1, 0.15) is 23.0 Å². The van der Waals surface area contributed by atoms with Crippen LogP contribution in [-0.4, -0.2) is 5.78 Å². The van der Waals surface area contributed by atoms with Crippen molar-refractivity contribution < 1.29 is 13.9 Å². The molecule has 114 valence electrons. The number of para-hydroxylation sites is 1. The fraction of sp³-hybridized carbons (Fsp3) is 0.0500. The van der Waals surface area contributed by atoms with E-state index in [0.717, 1.165) is 22.8 Å². The van der Waals surface area contributed by atoms with Crippen LogP contribution in [0.3, 0.4) is 0 Å². The molecule has 2 aromatic carbocycles. The van der Waals surface area contributed by atoms with Crippen molar-refractivity contribution in [2.75, 3.05) is 0 Å². The van der Waals surface area contributed by atoms with Crippen molar-refractivity contribution in [3.63, 3.8) is 0 Å². The van der Waals surface area contributed by atoms with Gasteiger partial charge in [-0.1, -0.05) is 18.2 Å². The van der Waals surface area contributed by atoms with Gasteiger partial charge in [0.15, 0.2) is 5.78 Å². The number of benzene rings is 2. The molecule has 0 unspecified atom stereocenters. The minimum absolute atomic E-state index is 0.00892. The van der Waals surface area contributed by atoms with Gasteiger partial charge in [0.25, 0.3) is 0 Å². The molecule has 3 heteroatoms. The number of carbonyl (C=O) groups excluding carboxylic acids is 1. The second-order valence-corrected chi connectivity index (χ2v) is 5.09. The molecule has 0 aliphatic heterocycles. The number of furan rings is 1. The van der Waals surface area contributed by atoms with E-state index in [1.165, 1.54) is 13.0 Å². The maximum Gasteiger partial charge on any atom is 0.152 e. The first kappa shape index (κ1) is 14.9. The molecule has 0 aliphatic carbocycles. The smallest absolute Gasteiger partial charge is 0.152 e. The average Bonchev–Trinajstić information content (AvgIpc) is 3.04. The Labute approximate surface area is 134 Å². The standard InChI is InChI=1S/C20H16O3/c1-15(21)7-10-19-13-14-20(23-19)16-8-11-18(12-9-16)22-17-5-3-2-4-6-17/h2-14H,1H3. The van der Waals surface area contributed by atoms with Gasteiger partial charge in [0.05, 0.1) is 0 Å². The molecule has 0 bridgehead atoms. The van der Waals surface area contributed by atoms with E-state index in [1.807, 2.05) is 66.7 Å². The minimum Gasteiger partial charge on any atom is -0.457 e. The maximum absolute atomic E-state index is 10.9. The third kappa shape index (κ3) is 3.98. The normalized spacial score (nSPS) is 10.8. The summed E-state index contributed by atoms with van der Waals surface area (Å²) in [6.07, 6.45) is 3.15. The van der Waals surface area contributed by atoms with Crippen LogP contribution < -0.4 is 4.74 Å². The lowest BCUT2D eigenvalue weighted by Crippen LogP contribution is -1.83. The Morgan fingerprint density at radius 1 is 0.913 bits per heavy atom. The van der Waals surface area contributed by atoms with Crippen molar-refractivity contribution >= 4 is 11.9 Å². The summed E-state index contributed by atoms with van der Waals surface area (Å²) in [4.78, 5) is 10.9. The van der Waals surface area contributed by atoms with Gasteiger partial charge in [-0.05, 0) is 67.6 Å². The number of carbonyl (C=O) groups is 1. The molecule has 0 fully saturated rings. The van der Waals surface area contributed by atoms with Crippen LogP contribution in [0.15, 0.2) is 77.2 Å². The summed E-state index contributed by atoms with van der Waals surface area (Å²) in [6.45, 7) is 1.51. The Bertz CT molecular complexity index is 812. The van der Waals surface area contributed by atoms with Crippen LogP contribution in [0.2, 0.25) is 0 Å². The zero-order chi connectivity index (χ0) is 16.1. The summed E-state index contributed by atoms with van der Waals surface area (Å²) in [5.74, 6) is 2.96.